The van der Waals surface area contributed by atoms with Gasteiger partial charge in [0.2, 0.25) is 0 Å². The monoisotopic (exact) mass is 419 g/mol. The van der Waals surface area contributed by atoms with Gasteiger partial charge < -0.3 is 28.9 Å². The normalized spacial score (nSPS) is 13.2. The number of nitrogens with one attached hydrogen (secondary N) is 1. The number of terminal acetylenes is 1. The lowest BCUT2D eigenvalue weighted by molar-refractivity contribution is 0.180. The van der Waals surface area contributed by atoms with Gasteiger partial charge >= 0.3 is 0 Å². The first-order chi connectivity index (χ1) is 15.1. The molecule has 1 aliphatic carbocycles. The summed E-state index contributed by atoms with van der Waals surface area (Å²) >= 11 is 0. The van der Waals surface area contributed by atoms with Crippen molar-refractivity contribution in [2.45, 2.75) is 0 Å². The molecule has 1 N–H and O–H groups in total. The maximum Gasteiger partial charge on any atom is 0.177 e. The number of aromatic nitrogens is 1. The van der Waals surface area contributed by atoms with Gasteiger partial charge in [-0.1, -0.05) is 11.1 Å². The predicted molar refractivity (Wildman–Crippen MR) is 121 cm³/mol. The molecule has 7 nitrogen and oxygen atoms in total. The van der Waals surface area contributed by atoms with Crippen LogP contribution in [-0.2, 0) is 4.84 Å². The summed E-state index contributed by atoms with van der Waals surface area (Å²) in [5.41, 5.74) is 5.25. The van der Waals surface area contributed by atoms with Crippen molar-refractivity contribution in [3.8, 4) is 40.8 Å². The lowest BCUT2D eigenvalue weighted by atomic mass is 10.0. The molecule has 0 spiro atoms. The number of aromatic amines is 1. The van der Waals surface area contributed by atoms with E-state index in [4.69, 9.17) is 25.5 Å². The van der Waals surface area contributed by atoms with Gasteiger partial charge in [-0.15, -0.1) is 6.42 Å². The van der Waals surface area contributed by atoms with E-state index in [1.807, 2.05) is 44.4 Å². The number of oxime groups is 1. The van der Waals surface area contributed by atoms with Crippen LogP contribution in [0.3, 0.4) is 0 Å². The van der Waals surface area contributed by atoms with Crippen LogP contribution in [0.5, 0.6) is 17.2 Å². The number of benzene rings is 2. The van der Waals surface area contributed by atoms with E-state index in [0.29, 0.717) is 23.8 Å². The van der Waals surface area contributed by atoms with E-state index >= 15 is 0 Å². The highest BCUT2D eigenvalue weighted by atomic mass is 16.6. The van der Waals surface area contributed by atoms with E-state index in [1.54, 1.807) is 14.2 Å². The van der Waals surface area contributed by atoms with Crippen molar-refractivity contribution >= 4 is 16.6 Å². The Bertz CT molecular complexity index is 1190. The van der Waals surface area contributed by atoms with Gasteiger partial charge in [0.15, 0.2) is 6.61 Å². The van der Waals surface area contributed by atoms with Crippen molar-refractivity contribution in [1.29, 1.82) is 0 Å². The molecular weight excluding hydrogens is 394 g/mol. The second-order valence-corrected chi connectivity index (χ2v) is 7.40. The summed E-state index contributed by atoms with van der Waals surface area (Å²) < 4.78 is 17.1. The second kappa shape index (κ2) is 8.62. The highest BCUT2D eigenvalue weighted by molar-refractivity contribution is 6.31. The van der Waals surface area contributed by atoms with Crippen molar-refractivity contribution in [2.75, 3.05) is 48.1 Å². The van der Waals surface area contributed by atoms with Crippen LogP contribution in [0.1, 0.15) is 11.1 Å². The fourth-order valence-corrected chi connectivity index (χ4v) is 3.72. The van der Waals surface area contributed by atoms with Crippen molar-refractivity contribution in [1.82, 2.24) is 9.88 Å². The molecule has 1 heterocycles. The summed E-state index contributed by atoms with van der Waals surface area (Å²) in [7, 11) is 7.29. The van der Waals surface area contributed by atoms with Crippen molar-refractivity contribution in [3.63, 3.8) is 0 Å². The molecule has 0 bridgehead atoms. The minimum absolute atomic E-state index is 0.0773. The molecule has 4 rings (SSSR count). The van der Waals surface area contributed by atoms with Gasteiger partial charge in [0.05, 0.1) is 25.5 Å². The first-order valence-electron chi connectivity index (χ1n) is 9.91. The maximum absolute atomic E-state index is 5.95. The lowest BCUT2D eigenvalue weighted by Gasteiger charge is -2.12. The van der Waals surface area contributed by atoms with E-state index < -0.39 is 0 Å². The molecule has 0 saturated heterocycles. The summed E-state index contributed by atoms with van der Waals surface area (Å²) in [4.78, 5) is 11.0. The van der Waals surface area contributed by atoms with Gasteiger partial charge in [-0.2, -0.15) is 0 Å². The summed E-state index contributed by atoms with van der Waals surface area (Å²) in [6, 6.07) is 9.79. The molecule has 3 aromatic rings. The van der Waals surface area contributed by atoms with Gasteiger partial charge in [-0.05, 0) is 38.4 Å². The molecular formula is C24H25N3O4. The average molecular weight is 419 g/mol. The third-order valence-electron chi connectivity index (χ3n) is 5.16. The molecule has 1 aromatic heterocycles. The Morgan fingerprint density at radius 3 is 2.61 bits per heavy atom. The number of ether oxygens (including phenoxy) is 3. The van der Waals surface area contributed by atoms with Crippen LogP contribution in [0.4, 0.5) is 0 Å². The highest BCUT2D eigenvalue weighted by Crippen LogP contribution is 2.47. The van der Waals surface area contributed by atoms with Crippen LogP contribution < -0.4 is 14.2 Å². The van der Waals surface area contributed by atoms with Gasteiger partial charge in [-0.25, -0.2) is 0 Å². The molecule has 0 atom stereocenters. The third kappa shape index (κ3) is 3.78. The van der Waals surface area contributed by atoms with Crippen LogP contribution in [0, 0.1) is 12.3 Å². The predicted octanol–water partition coefficient (Wildman–Crippen LogP) is 3.51. The van der Waals surface area contributed by atoms with Crippen LogP contribution >= 0.6 is 0 Å². The van der Waals surface area contributed by atoms with Crippen molar-refractivity contribution < 1.29 is 19.0 Å². The molecule has 0 amide bonds. The fourth-order valence-electron chi connectivity index (χ4n) is 3.72. The smallest absolute Gasteiger partial charge is 0.177 e. The average Bonchev–Trinajstić information content (AvgIpc) is 3.28. The molecule has 0 aliphatic heterocycles. The lowest BCUT2D eigenvalue weighted by Crippen LogP contribution is -2.19. The minimum Gasteiger partial charge on any atom is -0.497 e. The Morgan fingerprint density at radius 2 is 1.90 bits per heavy atom. The molecule has 1 aliphatic rings. The summed E-state index contributed by atoms with van der Waals surface area (Å²) in [6.07, 6.45) is 5.34. The molecule has 31 heavy (non-hydrogen) atoms. The van der Waals surface area contributed by atoms with Crippen LogP contribution in [-0.4, -0.2) is 63.7 Å². The Kier molecular flexibility index (Phi) is 5.74. The van der Waals surface area contributed by atoms with Gasteiger partial charge in [0.1, 0.15) is 29.6 Å². The zero-order chi connectivity index (χ0) is 22.0. The molecule has 0 unspecified atom stereocenters. The van der Waals surface area contributed by atoms with Crippen molar-refractivity contribution in [3.05, 3.63) is 41.5 Å². The van der Waals surface area contributed by atoms with Crippen LogP contribution in [0.2, 0.25) is 0 Å². The topological polar surface area (TPSA) is 68.3 Å². The Labute approximate surface area is 181 Å². The summed E-state index contributed by atoms with van der Waals surface area (Å²) in [5, 5.41) is 5.37. The summed E-state index contributed by atoms with van der Waals surface area (Å²) in [6.45, 7) is 1.51. The summed E-state index contributed by atoms with van der Waals surface area (Å²) in [5.74, 6) is 4.58. The van der Waals surface area contributed by atoms with Crippen molar-refractivity contribution in [2.24, 2.45) is 5.16 Å². The fraction of sp³-hybridized carbons (Fsp3) is 0.292. The zero-order valence-electron chi connectivity index (χ0n) is 18.1. The number of hydrogen-bond acceptors (Lipinski definition) is 6. The van der Waals surface area contributed by atoms with E-state index in [-0.39, 0.29) is 6.61 Å². The number of nitrogens with zero attached hydrogens (tertiary/aromatic N) is 2. The SMILES string of the molecule is C#CCO/N=C1/c2c(OC)cc(OC)cc2-c2[nH]c3ccc(OCCN(C)C)cc3c21. The number of fused-ring (bicyclic) bond motifs is 5. The maximum atomic E-state index is 5.95. The molecule has 0 saturated carbocycles. The number of H-pyrrole nitrogens is 1. The molecule has 0 fully saturated rings. The Morgan fingerprint density at radius 1 is 1.06 bits per heavy atom. The Hall–Kier alpha value is -3.63. The quantitative estimate of drug-likeness (QED) is 0.269. The minimum atomic E-state index is 0.0773. The standard InChI is InChI=1S/C24H25N3O4/c1-6-10-31-26-24-21-18(13-16(28-4)14-20(21)29-5)23-22(24)17-12-15(7-8-19(17)25-23)30-11-9-27(2)3/h1,7-8,12-14,25H,9-11H2,2-5H3/b26-24-. The Balaban J connectivity index is 1.86. The van der Waals surface area contributed by atoms with E-state index in [2.05, 4.69) is 21.0 Å². The highest BCUT2D eigenvalue weighted by Gasteiger charge is 2.33. The first kappa shape index (κ1) is 20.6. The number of rotatable bonds is 8. The molecule has 2 aromatic carbocycles. The van der Waals surface area contributed by atoms with E-state index in [0.717, 1.165) is 45.6 Å². The third-order valence-corrected chi connectivity index (χ3v) is 5.16. The van der Waals surface area contributed by atoms with Gasteiger partial charge in [-0.3, -0.25) is 0 Å². The number of methoxy groups -OCH3 is 2. The van der Waals surface area contributed by atoms with E-state index in [1.165, 1.54) is 0 Å². The largest absolute Gasteiger partial charge is 0.497 e. The molecule has 7 heteroatoms. The zero-order valence-corrected chi connectivity index (χ0v) is 18.1. The van der Waals surface area contributed by atoms with Crippen LogP contribution in [0.25, 0.3) is 22.2 Å². The number of likely N-dealkylation sites (N-methyl/N-ethyl adjacent to an activating group) is 1. The van der Waals surface area contributed by atoms with Gasteiger partial charge in [0.25, 0.3) is 0 Å². The van der Waals surface area contributed by atoms with E-state index in [9.17, 15) is 0 Å². The second-order valence-electron chi connectivity index (χ2n) is 7.40. The number of hydrogen-bond donors (Lipinski definition) is 1. The first-order valence-corrected chi connectivity index (χ1v) is 9.91. The molecule has 0 radical (unpaired) electrons. The van der Waals surface area contributed by atoms with Gasteiger partial charge in [0, 0.05) is 34.6 Å². The molecule has 160 valence electrons. The van der Waals surface area contributed by atoms with Crippen LogP contribution in [0.15, 0.2) is 35.5 Å².